The molecule has 0 bridgehead atoms. The average Bonchev–Trinajstić information content (AvgIpc) is 3.42. The number of hydrogen-bond acceptors (Lipinski definition) is 6. The SMILES string of the molecule is O=C(Nc1cc(F)ccc1N1CCC(O)CC1)c1coc(-n2ncc3ccccc32)n1. The Morgan fingerprint density at radius 2 is 2.00 bits per heavy atom. The summed E-state index contributed by atoms with van der Waals surface area (Å²) >= 11 is 0. The molecule has 8 nitrogen and oxygen atoms in total. The van der Waals surface area contributed by atoms with Gasteiger partial charge in [-0.05, 0) is 37.1 Å². The zero-order valence-electron chi connectivity index (χ0n) is 16.5. The second-order valence-electron chi connectivity index (χ2n) is 7.46. The molecule has 0 aliphatic carbocycles. The van der Waals surface area contributed by atoms with Gasteiger partial charge in [0.25, 0.3) is 5.91 Å². The van der Waals surface area contributed by atoms with Gasteiger partial charge in [-0.15, -0.1) is 0 Å². The van der Waals surface area contributed by atoms with E-state index in [1.54, 1.807) is 12.3 Å². The molecule has 0 saturated carbocycles. The maximum absolute atomic E-state index is 13.9. The van der Waals surface area contributed by atoms with E-state index in [1.807, 2.05) is 29.2 Å². The third-order valence-electron chi connectivity index (χ3n) is 5.40. The Bertz CT molecular complexity index is 1240. The summed E-state index contributed by atoms with van der Waals surface area (Å²) in [5.41, 5.74) is 1.90. The van der Waals surface area contributed by atoms with Crippen molar-refractivity contribution in [1.82, 2.24) is 14.8 Å². The van der Waals surface area contributed by atoms with Crippen molar-refractivity contribution in [3.05, 3.63) is 66.4 Å². The summed E-state index contributed by atoms with van der Waals surface area (Å²) in [7, 11) is 0. The standard InChI is InChI=1S/C22H20FN5O3/c23-15-5-6-20(27-9-7-16(29)8-10-27)17(11-15)25-21(30)18-13-31-22(26-18)28-19-4-2-1-3-14(19)12-24-28/h1-6,11-13,16,29H,7-10H2,(H,25,30). The summed E-state index contributed by atoms with van der Waals surface area (Å²) in [5.74, 6) is -0.977. The van der Waals surface area contributed by atoms with Crippen LogP contribution in [0.1, 0.15) is 23.3 Å². The predicted octanol–water partition coefficient (Wildman–Crippen LogP) is 3.37. The largest absolute Gasteiger partial charge is 0.430 e. The second kappa shape index (κ2) is 7.84. The number of aromatic nitrogens is 3. The van der Waals surface area contributed by atoms with Crippen LogP contribution in [-0.4, -0.2) is 45.0 Å². The third kappa shape index (κ3) is 3.75. The molecule has 4 aromatic rings. The molecule has 158 valence electrons. The Morgan fingerprint density at radius 3 is 2.84 bits per heavy atom. The zero-order valence-corrected chi connectivity index (χ0v) is 16.5. The lowest BCUT2D eigenvalue weighted by Gasteiger charge is -2.32. The van der Waals surface area contributed by atoms with Crippen LogP contribution in [0, 0.1) is 5.82 Å². The first-order valence-corrected chi connectivity index (χ1v) is 10.0. The van der Waals surface area contributed by atoms with E-state index in [-0.39, 0.29) is 17.8 Å². The molecule has 5 rings (SSSR count). The zero-order chi connectivity index (χ0) is 21.4. The van der Waals surface area contributed by atoms with Gasteiger partial charge >= 0.3 is 6.01 Å². The maximum atomic E-state index is 13.9. The highest BCUT2D eigenvalue weighted by Crippen LogP contribution is 2.30. The first-order valence-electron chi connectivity index (χ1n) is 10.0. The summed E-state index contributed by atoms with van der Waals surface area (Å²) in [4.78, 5) is 19.1. The number of hydrogen-bond donors (Lipinski definition) is 2. The van der Waals surface area contributed by atoms with Crippen LogP contribution in [0.25, 0.3) is 16.9 Å². The van der Waals surface area contributed by atoms with E-state index in [4.69, 9.17) is 4.42 Å². The molecule has 0 radical (unpaired) electrons. The lowest BCUT2D eigenvalue weighted by atomic mass is 10.1. The van der Waals surface area contributed by atoms with Gasteiger partial charge in [0, 0.05) is 18.5 Å². The number of rotatable bonds is 4. The molecule has 0 unspecified atom stereocenters. The van der Waals surface area contributed by atoms with Crippen LogP contribution in [0.2, 0.25) is 0 Å². The first-order chi connectivity index (χ1) is 15.1. The monoisotopic (exact) mass is 421 g/mol. The number of amides is 1. The van der Waals surface area contributed by atoms with Crippen molar-refractivity contribution in [1.29, 1.82) is 0 Å². The number of nitrogens with one attached hydrogen (secondary N) is 1. The lowest BCUT2D eigenvalue weighted by Crippen LogP contribution is -2.36. The summed E-state index contributed by atoms with van der Waals surface area (Å²) < 4.78 is 20.9. The lowest BCUT2D eigenvalue weighted by molar-refractivity contribution is 0.102. The number of benzene rings is 2. The van der Waals surface area contributed by atoms with Crippen molar-refractivity contribution in [3.8, 4) is 6.01 Å². The molecule has 31 heavy (non-hydrogen) atoms. The van der Waals surface area contributed by atoms with Gasteiger partial charge in [-0.1, -0.05) is 18.2 Å². The van der Waals surface area contributed by atoms with Crippen LogP contribution >= 0.6 is 0 Å². The number of oxazole rings is 1. The average molecular weight is 421 g/mol. The van der Waals surface area contributed by atoms with Gasteiger partial charge in [0.2, 0.25) is 0 Å². The van der Waals surface area contributed by atoms with Crippen LogP contribution in [0.15, 0.2) is 59.3 Å². The van der Waals surface area contributed by atoms with Crippen molar-refractivity contribution >= 4 is 28.2 Å². The number of halogens is 1. The van der Waals surface area contributed by atoms with Gasteiger partial charge in [-0.25, -0.2) is 4.39 Å². The summed E-state index contributed by atoms with van der Waals surface area (Å²) in [6.45, 7) is 1.24. The van der Waals surface area contributed by atoms with Gasteiger partial charge in [0.05, 0.1) is 29.2 Å². The molecular formula is C22H20FN5O3. The highest BCUT2D eigenvalue weighted by Gasteiger charge is 2.22. The molecule has 3 heterocycles. The number of carbonyl (C=O) groups excluding carboxylic acids is 1. The van der Waals surface area contributed by atoms with Crippen LogP contribution in [0.5, 0.6) is 0 Å². The first kappa shape index (κ1) is 19.3. The van der Waals surface area contributed by atoms with Crippen molar-refractivity contribution < 1.29 is 18.7 Å². The number of para-hydroxylation sites is 1. The molecule has 1 aliphatic heterocycles. The summed E-state index contributed by atoms with van der Waals surface area (Å²) in [6, 6.07) is 12.0. The molecule has 2 aromatic carbocycles. The molecule has 9 heteroatoms. The number of aliphatic hydroxyl groups is 1. The highest BCUT2D eigenvalue weighted by molar-refractivity contribution is 6.04. The molecular weight excluding hydrogens is 401 g/mol. The Kier molecular flexibility index (Phi) is 4.87. The van der Waals surface area contributed by atoms with Crippen LogP contribution in [-0.2, 0) is 0 Å². The predicted molar refractivity (Wildman–Crippen MR) is 113 cm³/mol. The van der Waals surface area contributed by atoms with Gasteiger partial charge < -0.3 is 19.7 Å². The molecule has 0 spiro atoms. The van der Waals surface area contributed by atoms with Gasteiger partial charge in [0.1, 0.15) is 12.1 Å². The van der Waals surface area contributed by atoms with E-state index in [1.165, 1.54) is 23.1 Å². The third-order valence-corrected chi connectivity index (χ3v) is 5.40. The highest BCUT2D eigenvalue weighted by atomic mass is 19.1. The Balaban J connectivity index is 1.39. The van der Waals surface area contributed by atoms with Gasteiger partial charge in [0.15, 0.2) is 5.69 Å². The number of aliphatic hydroxyl groups excluding tert-OH is 1. The minimum absolute atomic E-state index is 0.0545. The Morgan fingerprint density at radius 1 is 1.19 bits per heavy atom. The second-order valence-corrected chi connectivity index (χ2v) is 7.46. The molecule has 1 amide bonds. The quantitative estimate of drug-likeness (QED) is 0.525. The van der Waals surface area contributed by atoms with E-state index < -0.39 is 11.7 Å². The van der Waals surface area contributed by atoms with Crippen molar-refractivity contribution in [2.24, 2.45) is 0 Å². The number of fused-ring (bicyclic) bond motifs is 1. The summed E-state index contributed by atoms with van der Waals surface area (Å²) in [6.07, 6.45) is 3.84. The summed E-state index contributed by atoms with van der Waals surface area (Å²) in [5, 5.41) is 17.7. The van der Waals surface area contributed by atoms with Crippen LogP contribution < -0.4 is 10.2 Å². The van der Waals surface area contributed by atoms with Crippen molar-refractivity contribution in [2.45, 2.75) is 18.9 Å². The molecule has 1 saturated heterocycles. The molecule has 1 fully saturated rings. The van der Waals surface area contributed by atoms with E-state index in [0.717, 1.165) is 10.9 Å². The van der Waals surface area contributed by atoms with Crippen molar-refractivity contribution in [2.75, 3.05) is 23.3 Å². The number of nitrogens with zero attached hydrogens (tertiary/aromatic N) is 4. The fourth-order valence-corrected chi connectivity index (χ4v) is 3.77. The number of anilines is 2. The number of carbonyl (C=O) groups is 1. The Labute approximate surface area is 176 Å². The van der Waals surface area contributed by atoms with E-state index in [9.17, 15) is 14.3 Å². The normalized spacial score (nSPS) is 14.8. The van der Waals surface area contributed by atoms with Crippen LogP contribution in [0.4, 0.5) is 15.8 Å². The Hall–Kier alpha value is -3.72. The molecule has 2 N–H and O–H groups in total. The molecule has 2 aromatic heterocycles. The fourth-order valence-electron chi connectivity index (χ4n) is 3.77. The van der Waals surface area contributed by atoms with Gasteiger partial charge in [-0.2, -0.15) is 14.8 Å². The molecule has 0 atom stereocenters. The van der Waals surface area contributed by atoms with E-state index in [2.05, 4.69) is 15.4 Å². The smallest absolute Gasteiger partial charge is 0.324 e. The minimum Gasteiger partial charge on any atom is -0.430 e. The van der Waals surface area contributed by atoms with E-state index >= 15 is 0 Å². The molecule has 1 aliphatic rings. The van der Waals surface area contributed by atoms with Crippen molar-refractivity contribution in [3.63, 3.8) is 0 Å². The van der Waals surface area contributed by atoms with E-state index in [0.29, 0.717) is 37.3 Å². The fraction of sp³-hybridized carbons (Fsp3) is 0.227. The maximum Gasteiger partial charge on any atom is 0.324 e. The minimum atomic E-state index is -0.518. The van der Waals surface area contributed by atoms with Crippen LogP contribution in [0.3, 0.4) is 0 Å². The van der Waals surface area contributed by atoms with Gasteiger partial charge in [-0.3, -0.25) is 4.79 Å². The topological polar surface area (TPSA) is 96.4 Å². The number of piperidine rings is 1.